The van der Waals surface area contributed by atoms with Crippen LogP contribution >= 0.6 is 23.4 Å². The Morgan fingerprint density at radius 3 is 2.54 bits per heavy atom. The van der Waals surface area contributed by atoms with E-state index < -0.39 is 0 Å². The molecule has 0 bridgehead atoms. The summed E-state index contributed by atoms with van der Waals surface area (Å²) in [7, 11) is 1.63. The average Bonchev–Trinajstić information content (AvgIpc) is 3.14. The van der Waals surface area contributed by atoms with Crippen LogP contribution in [0, 0.1) is 0 Å². The molecule has 146 valence electrons. The zero-order valence-corrected chi connectivity index (χ0v) is 17.1. The zero-order chi connectivity index (χ0) is 19.9. The number of thioether (sulfide) groups is 1. The Bertz CT molecular complexity index is 915. The molecule has 0 aliphatic heterocycles. The van der Waals surface area contributed by atoms with Gasteiger partial charge in [0.15, 0.2) is 0 Å². The molecule has 1 amide bonds. The quantitative estimate of drug-likeness (QED) is 0.567. The molecule has 0 aliphatic carbocycles. The van der Waals surface area contributed by atoms with Crippen molar-refractivity contribution in [3.8, 4) is 5.75 Å². The molecule has 0 spiro atoms. The number of hydrogen-bond donors (Lipinski definition) is 1. The van der Waals surface area contributed by atoms with Crippen LogP contribution in [0.3, 0.4) is 0 Å². The maximum atomic E-state index is 12.4. The van der Waals surface area contributed by atoms with Crippen molar-refractivity contribution in [2.45, 2.75) is 30.4 Å². The molecule has 1 unspecified atom stereocenters. The van der Waals surface area contributed by atoms with Gasteiger partial charge < -0.3 is 10.1 Å². The minimum Gasteiger partial charge on any atom is -0.497 e. The molecule has 1 heterocycles. The normalized spacial score (nSPS) is 11.8. The van der Waals surface area contributed by atoms with Crippen LogP contribution in [0.15, 0.2) is 53.7 Å². The second-order valence-corrected chi connectivity index (χ2v) is 7.82. The smallest absolute Gasteiger partial charge is 0.233 e. The minimum atomic E-state index is -0.340. The van der Waals surface area contributed by atoms with Gasteiger partial charge in [-0.3, -0.25) is 4.79 Å². The number of hydrogen-bond acceptors (Lipinski definition) is 6. The van der Waals surface area contributed by atoms with Crippen molar-refractivity contribution in [1.29, 1.82) is 0 Å². The van der Waals surface area contributed by atoms with E-state index in [0.717, 1.165) is 16.9 Å². The lowest BCUT2D eigenvalue weighted by Crippen LogP contribution is -2.30. The molecular formula is C19H20ClN5O2S. The van der Waals surface area contributed by atoms with Crippen LogP contribution in [-0.4, -0.2) is 38.5 Å². The highest BCUT2D eigenvalue weighted by Gasteiger charge is 2.18. The third-order valence-electron chi connectivity index (χ3n) is 4.02. The molecule has 7 nitrogen and oxygen atoms in total. The third kappa shape index (κ3) is 5.46. The maximum absolute atomic E-state index is 12.4. The largest absolute Gasteiger partial charge is 0.497 e. The highest BCUT2D eigenvalue weighted by Crippen LogP contribution is 2.21. The molecule has 1 atom stereocenters. The zero-order valence-electron chi connectivity index (χ0n) is 15.5. The predicted molar refractivity (Wildman–Crippen MR) is 109 cm³/mol. The van der Waals surface area contributed by atoms with E-state index in [0.29, 0.717) is 23.3 Å². The summed E-state index contributed by atoms with van der Waals surface area (Å²) in [5.41, 5.74) is 2.02. The predicted octanol–water partition coefficient (Wildman–Crippen LogP) is 3.18. The summed E-state index contributed by atoms with van der Waals surface area (Å²) >= 11 is 7.19. The van der Waals surface area contributed by atoms with E-state index in [9.17, 15) is 4.79 Å². The second kappa shape index (κ2) is 9.57. The number of aromatic nitrogens is 4. The molecule has 0 radical (unpaired) electrons. The van der Waals surface area contributed by atoms with Crippen molar-refractivity contribution in [1.82, 2.24) is 25.5 Å². The van der Waals surface area contributed by atoms with Crippen molar-refractivity contribution in [3.05, 3.63) is 64.7 Å². The molecule has 0 aliphatic rings. The summed E-state index contributed by atoms with van der Waals surface area (Å²) in [5.74, 6) is 0.708. The molecule has 3 aromatic rings. The Morgan fingerprint density at radius 2 is 1.86 bits per heavy atom. The monoisotopic (exact) mass is 417 g/mol. The lowest BCUT2D eigenvalue weighted by Gasteiger charge is -2.12. The average molecular weight is 418 g/mol. The number of methoxy groups -OCH3 is 1. The molecule has 1 aromatic heterocycles. The first-order valence-electron chi connectivity index (χ1n) is 8.63. The fourth-order valence-electron chi connectivity index (χ4n) is 2.43. The SMILES string of the molecule is COc1ccc(Cn2nnnc2SC(C)C(=O)NCc2ccc(Cl)cc2)cc1. The molecule has 1 N–H and O–H groups in total. The van der Waals surface area contributed by atoms with Gasteiger partial charge in [-0.15, -0.1) is 5.10 Å². The van der Waals surface area contributed by atoms with Crippen LogP contribution in [0.4, 0.5) is 0 Å². The summed E-state index contributed by atoms with van der Waals surface area (Å²) in [6, 6.07) is 15.1. The summed E-state index contributed by atoms with van der Waals surface area (Å²) < 4.78 is 6.84. The Labute approximate surface area is 172 Å². The molecular weight excluding hydrogens is 398 g/mol. The summed E-state index contributed by atoms with van der Waals surface area (Å²) in [6.45, 7) is 2.78. The number of benzene rings is 2. The number of nitrogens with one attached hydrogen (secondary N) is 1. The van der Waals surface area contributed by atoms with Gasteiger partial charge in [-0.2, -0.15) is 0 Å². The van der Waals surface area contributed by atoms with Gasteiger partial charge in [0.1, 0.15) is 5.75 Å². The number of tetrazole rings is 1. The molecule has 0 saturated carbocycles. The van der Waals surface area contributed by atoms with Crippen molar-refractivity contribution >= 4 is 29.3 Å². The van der Waals surface area contributed by atoms with Gasteiger partial charge >= 0.3 is 0 Å². The van der Waals surface area contributed by atoms with Crippen LogP contribution in [0.2, 0.25) is 5.02 Å². The van der Waals surface area contributed by atoms with Crippen LogP contribution in [0.5, 0.6) is 5.75 Å². The number of ether oxygens (including phenoxy) is 1. The van der Waals surface area contributed by atoms with Gasteiger partial charge in [0, 0.05) is 11.6 Å². The summed E-state index contributed by atoms with van der Waals surface area (Å²) in [4.78, 5) is 12.4. The number of rotatable bonds is 8. The van der Waals surface area contributed by atoms with Crippen LogP contribution < -0.4 is 10.1 Å². The number of nitrogens with zero attached hydrogens (tertiary/aromatic N) is 4. The molecule has 0 fully saturated rings. The number of carbonyl (C=O) groups excluding carboxylic acids is 1. The Balaban J connectivity index is 1.56. The van der Waals surface area contributed by atoms with Gasteiger partial charge in [-0.1, -0.05) is 47.6 Å². The Hall–Kier alpha value is -2.58. The first kappa shape index (κ1) is 20.2. The lowest BCUT2D eigenvalue weighted by molar-refractivity contribution is -0.120. The molecule has 28 heavy (non-hydrogen) atoms. The van der Waals surface area contributed by atoms with Gasteiger partial charge in [0.2, 0.25) is 11.1 Å². The van der Waals surface area contributed by atoms with E-state index in [4.69, 9.17) is 16.3 Å². The molecule has 9 heteroatoms. The fraction of sp³-hybridized carbons (Fsp3) is 0.263. The van der Waals surface area contributed by atoms with Gasteiger partial charge in [-0.05, 0) is 52.7 Å². The fourth-order valence-corrected chi connectivity index (χ4v) is 3.37. The standard InChI is InChI=1S/C19H20ClN5O2S/c1-13(18(26)21-11-14-3-7-16(20)8-4-14)28-19-22-23-24-25(19)12-15-5-9-17(27-2)10-6-15/h3-10,13H,11-12H2,1-2H3,(H,21,26). The van der Waals surface area contributed by atoms with Crippen molar-refractivity contribution < 1.29 is 9.53 Å². The first-order valence-corrected chi connectivity index (χ1v) is 9.89. The highest BCUT2D eigenvalue weighted by atomic mass is 35.5. The van der Waals surface area contributed by atoms with Crippen LogP contribution in [0.1, 0.15) is 18.1 Å². The third-order valence-corrected chi connectivity index (χ3v) is 5.34. The van der Waals surface area contributed by atoms with Crippen LogP contribution in [0.25, 0.3) is 0 Å². The molecule has 2 aromatic carbocycles. The number of amides is 1. The van der Waals surface area contributed by atoms with E-state index in [1.165, 1.54) is 11.8 Å². The van der Waals surface area contributed by atoms with Crippen LogP contribution in [-0.2, 0) is 17.9 Å². The van der Waals surface area contributed by atoms with Crippen molar-refractivity contribution in [3.63, 3.8) is 0 Å². The minimum absolute atomic E-state index is 0.0843. The topological polar surface area (TPSA) is 81.9 Å². The van der Waals surface area contributed by atoms with E-state index in [1.807, 2.05) is 43.3 Å². The first-order chi connectivity index (χ1) is 13.5. The summed E-state index contributed by atoms with van der Waals surface area (Å²) in [5, 5.41) is 15.6. The van der Waals surface area contributed by atoms with E-state index >= 15 is 0 Å². The van der Waals surface area contributed by atoms with Gasteiger partial charge in [0.25, 0.3) is 0 Å². The Kier molecular flexibility index (Phi) is 6.89. The van der Waals surface area contributed by atoms with E-state index in [-0.39, 0.29) is 11.2 Å². The van der Waals surface area contributed by atoms with E-state index in [1.54, 1.807) is 23.9 Å². The lowest BCUT2D eigenvalue weighted by atomic mass is 10.2. The molecule has 3 rings (SSSR count). The van der Waals surface area contributed by atoms with Gasteiger partial charge in [0.05, 0.1) is 18.9 Å². The Morgan fingerprint density at radius 1 is 1.18 bits per heavy atom. The van der Waals surface area contributed by atoms with Crippen molar-refractivity contribution in [2.75, 3.05) is 7.11 Å². The number of carbonyl (C=O) groups is 1. The van der Waals surface area contributed by atoms with Gasteiger partial charge in [-0.25, -0.2) is 4.68 Å². The van der Waals surface area contributed by atoms with E-state index in [2.05, 4.69) is 20.8 Å². The highest BCUT2D eigenvalue weighted by molar-refractivity contribution is 8.00. The summed E-state index contributed by atoms with van der Waals surface area (Å²) in [6.07, 6.45) is 0. The van der Waals surface area contributed by atoms with Crippen molar-refractivity contribution in [2.24, 2.45) is 0 Å². The maximum Gasteiger partial charge on any atom is 0.233 e. The second-order valence-electron chi connectivity index (χ2n) is 6.07. The molecule has 0 saturated heterocycles. The number of halogens is 1.